The third kappa shape index (κ3) is 5.73. The minimum atomic E-state index is -1.08. The van der Waals surface area contributed by atoms with E-state index in [1.54, 1.807) is 4.90 Å². The Kier molecular flexibility index (Phi) is 8.24. The summed E-state index contributed by atoms with van der Waals surface area (Å²) in [5, 5.41) is 11.2. The van der Waals surface area contributed by atoms with Crippen molar-refractivity contribution in [1.82, 2.24) is 0 Å². The summed E-state index contributed by atoms with van der Waals surface area (Å²) < 4.78 is -0.541. The van der Waals surface area contributed by atoms with E-state index in [9.17, 15) is 9.90 Å². The molecule has 0 fully saturated rings. The summed E-state index contributed by atoms with van der Waals surface area (Å²) in [6.45, 7) is 0. The maximum atomic E-state index is 13.4. The molecule has 1 atom stereocenters. The first kappa shape index (κ1) is 22.9. The van der Waals surface area contributed by atoms with Crippen LogP contribution in [0.15, 0.2) is 121 Å². The zero-order valence-electron chi connectivity index (χ0n) is 17.2. The second-order valence-electron chi connectivity index (χ2n) is 6.82. The molecule has 4 aromatic carbocycles. The maximum absolute atomic E-state index is 13.4. The van der Waals surface area contributed by atoms with Gasteiger partial charge in [0.15, 0.2) is 0 Å². The molecule has 0 aliphatic heterocycles. The van der Waals surface area contributed by atoms with E-state index in [0.29, 0.717) is 0 Å². The van der Waals surface area contributed by atoms with Gasteiger partial charge < -0.3 is 0 Å². The van der Waals surface area contributed by atoms with E-state index in [2.05, 4.69) is 0 Å². The van der Waals surface area contributed by atoms with E-state index in [4.69, 9.17) is 0 Å². The summed E-state index contributed by atoms with van der Waals surface area (Å²) in [5.41, 5.74) is 3.58. The molecule has 0 saturated heterocycles. The molecule has 1 amide bonds. The fourth-order valence-corrected chi connectivity index (χ4v) is 11.8. The summed E-state index contributed by atoms with van der Waals surface area (Å²) in [4.78, 5) is 17.2. The number of nitrogens with zero attached hydrogens (tertiary/aromatic N) is 2. The van der Waals surface area contributed by atoms with Gasteiger partial charge in [0, 0.05) is 0 Å². The molecule has 0 spiro atoms. The first-order valence-electron chi connectivity index (χ1n) is 10.1. The van der Waals surface area contributed by atoms with Gasteiger partial charge in [-0.3, -0.25) is 0 Å². The number of carbonyl (C=O) groups excluding carboxylic acids is 1. The van der Waals surface area contributed by atoms with Gasteiger partial charge >= 0.3 is 205 Å². The van der Waals surface area contributed by atoms with Crippen molar-refractivity contribution < 1.29 is 9.90 Å². The quantitative estimate of drug-likeness (QED) is 0.216. The number of aliphatic hydroxyl groups is 1. The summed E-state index contributed by atoms with van der Waals surface area (Å²) >= 11 is -2.06. The number of hydrogen-bond donors (Lipinski definition) is 1. The van der Waals surface area contributed by atoms with Crippen LogP contribution in [-0.4, -0.2) is 46.2 Å². The van der Waals surface area contributed by atoms with Crippen molar-refractivity contribution in [3.8, 4) is 0 Å². The molecular weight excluding hydrogens is 627 g/mol. The molecule has 0 heterocycles. The normalized spacial score (nSPS) is 11.8. The van der Waals surface area contributed by atoms with Crippen molar-refractivity contribution in [2.24, 2.45) is 0 Å². The van der Waals surface area contributed by atoms with Gasteiger partial charge in [-0.05, 0) is 0 Å². The summed E-state index contributed by atoms with van der Waals surface area (Å²) in [7, 11) is 0. The Morgan fingerprint density at radius 3 is 1.31 bits per heavy atom. The Morgan fingerprint density at radius 1 is 0.594 bits per heavy atom. The van der Waals surface area contributed by atoms with Crippen LogP contribution in [0.5, 0.6) is 0 Å². The first-order chi connectivity index (χ1) is 15.7. The van der Waals surface area contributed by atoms with E-state index < -0.39 is 37.1 Å². The van der Waals surface area contributed by atoms with Crippen LogP contribution in [0.1, 0.15) is 0 Å². The number of carbonyl (C=O) groups is 1. The number of para-hydroxylation sites is 4. The van der Waals surface area contributed by atoms with Crippen LogP contribution < -0.4 is 9.80 Å². The number of anilines is 4. The number of aliphatic hydroxyl groups excluding tert-OH is 1. The van der Waals surface area contributed by atoms with Crippen LogP contribution in [0, 0.1) is 0 Å². The van der Waals surface area contributed by atoms with Gasteiger partial charge in [0.2, 0.25) is 0 Å². The molecular formula is C26H22N2O2Te2. The average molecular weight is 650 g/mol. The van der Waals surface area contributed by atoms with Crippen molar-refractivity contribution >= 4 is 59.6 Å². The topological polar surface area (TPSA) is 43.8 Å². The van der Waals surface area contributed by atoms with Gasteiger partial charge in [0.25, 0.3) is 0 Å². The molecule has 2 radical (unpaired) electrons. The van der Waals surface area contributed by atoms with E-state index in [0.717, 1.165) is 22.7 Å². The monoisotopic (exact) mass is 654 g/mol. The van der Waals surface area contributed by atoms with Crippen LogP contribution in [0.4, 0.5) is 27.5 Å². The Hall–Kier alpha value is -2.31. The van der Waals surface area contributed by atoms with E-state index in [-0.39, 0.29) is 3.96 Å². The first-order valence-corrected chi connectivity index (χ1v) is 19.9. The average Bonchev–Trinajstić information content (AvgIpc) is 2.86. The van der Waals surface area contributed by atoms with Gasteiger partial charge in [-0.25, -0.2) is 0 Å². The standard InChI is InChI=1S/C26H22N2O2Te2/c29-25(27(21-13-5-1-6-14-21)22-15-7-2-8-16-22)31-32-26(30)28(23-17-9-3-10-18-23)24-19-11-4-12-20-24/h1-20,25,29H. The number of amides is 1. The van der Waals surface area contributed by atoms with E-state index in [1.807, 2.05) is 126 Å². The van der Waals surface area contributed by atoms with Gasteiger partial charge in [0.05, 0.1) is 0 Å². The molecule has 4 aromatic rings. The molecule has 0 saturated carbocycles. The van der Waals surface area contributed by atoms with Crippen LogP contribution in [-0.2, 0) is 0 Å². The predicted molar refractivity (Wildman–Crippen MR) is 133 cm³/mol. The van der Waals surface area contributed by atoms with Crippen molar-refractivity contribution in [3.63, 3.8) is 0 Å². The molecule has 1 N–H and O–H groups in total. The number of benzene rings is 4. The van der Waals surface area contributed by atoms with E-state index >= 15 is 0 Å². The predicted octanol–water partition coefficient (Wildman–Crippen LogP) is 5.38. The van der Waals surface area contributed by atoms with Gasteiger partial charge in [-0.1, -0.05) is 0 Å². The Balaban J connectivity index is 1.64. The Labute approximate surface area is 203 Å². The number of rotatable bonds is 7. The van der Waals surface area contributed by atoms with Crippen LogP contribution in [0.3, 0.4) is 0 Å². The zero-order chi connectivity index (χ0) is 22.2. The van der Waals surface area contributed by atoms with Crippen LogP contribution in [0.2, 0.25) is 0 Å². The minimum absolute atomic E-state index is 0.121. The van der Waals surface area contributed by atoms with Crippen LogP contribution >= 0.6 is 0 Å². The Bertz CT molecular complexity index is 1080. The van der Waals surface area contributed by atoms with Gasteiger partial charge in [-0.2, -0.15) is 0 Å². The molecule has 6 heteroatoms. The second kappa shape index (κ2) is 11.5. The second-order valence-corrected chi connectivity index (χ2v) is 16.9. The zero-order valence-corrected chi connectivity index (χ0v) is 21.9. The molecule has 4 nitrogen and oxygen atoms in total. The summed E-state index contributed by atoms with van der Waals surface area (Å²) in [6.07, 6.45) is 0. The fraction of sp³-hybridized carbons (Fsp3) is 0.0385. The summed E-state index contributed by atoms with van der Waals surface area (Å²) in [6, 6.07) is 39.2. The van der Waals surface area contributed by atoms with E-state index in [1.165, 1.54) is 0 Å². The molecule has 1 unspecified atom stereocenters. The molecule has 0 aliphatic carbocycles. The molecule has 0 aliphatic rings. The molecule has 0 bridgehead atoms. The number of hydrogen-bond acceptors (Lipinski definition) is 3. The van der Waals surface area contributed by atoms with Crippen LogP contribution in [0.25, 0.3) is 0 Å². The molecule has 0 aromatic heterocycles. The third-order valence-electron chi connectivity index (χ3n) is 4.71. The molecule has 32 heavy (non-hydrogen) atoms. The van der Waals surface area contributed by atoms with Gasteiger partial charge in [-0.15, -0.1) is 0 Å². The molecule has 160 valence electrons. The van der Waals surface area contributed by atoms with Crippen molar-refractivity contribution in [2.45, 2.75) is 4.28 Å². The third-order valence-corrected chi connectivity index (χ3v) is 14.9. The van der Waals surface area contributed by atoms with Crippen molar-refractivity contribution in [3.05, 3.63) is 121 Å². The Morgan fingerprint density at radius 2 is 0.938 bits per heavy atom. The van der Waals surface area contributed by atoms with Crippen molar-refractivity contribution in [2.75, 3.05) is 9.80 Å². The molecule has 4 rings (SSSR count). The van der Waals surface area contributed by atoms with Crippen molar-refractivity contribution in [1.29, 1.82) is 0 Å². The van der Waals surface area contributed by atoms with Gasteiger partial charge in [0.1, 0.15) is 0 Å². The fourth-order valence-electron chi connectivity index (χ4n) is 3.26. The SMILES string of the molecule is O=C([Te]=[Te]C(O)N(c1ccccc1)c1ccccc1)N(c1ccccc1)c1ccccc1. The summed E-state index contributed by atoms with van der Waals surface area (Å²) in [5.74, 6) is 0.